The lowest BCUT2D eigenvalue weighted by Gasteiger charge is -2.30. The van der Waals surface area contributed by atoms with Gasteiger partial charge >= 0.3 is 12.0 Å². The molecule has 1 saturated heterocycles. The number of Topliss-reactive ketones (excluding diaryl/α,β-unsaturated/α-hetero) is 1. The van der Waals surface area contributed by atoms with Crippen LogP contribution in [0.25, 0.3) is 11.0 Å². The van der Waals surface area contributed by atoms with E-state index in [1.807, 2.05) is 48.5 Å². The van der Waals surface area contributed by atoms with E-state index in [9.17, 15) is 14.4 Å². The molecule has 0 spiro atoms. The molecule has 0 unspecified atom stereocenters. The van der Waals surface area contributed by atoms with Gasteiger partial charge in [-0.3, -0.25) is 9.59 Å². The van der Waals surface area contributed by atoms with E-state index in [4.69, 9.17) is 9.15 Å². The molecule has 1 N–H and O–H groups in total. The zero-order valence-electron chi connectivity index (χ0n) is 16.4. The van der Waals surface area contributed by atoms with Crippen molar-refractivity contribution in [2.75, 3.05) is 25.0 Å². The van der Waals surface area contributed by atoms with Crippen LogP contribution in [0.4, 0.5) is 10.5 Å². The summed E-state index contributed by atoms with van der Waals surface area (Å²) in [6.07, 6.45) is 1.000. The number of likely N-dealkylation sites (tertiary alicyclic amines) is 1. The number of hydrogen-bond donors (Lipinski definition) is 1. The Hall–Kier alpha value is -3.61. The number of furan rings is 1. The van der Waals surface area contributed by atoms with Crippen molar-refractivity contribution in [2.24, 2.45) is 5.92 Å². The Morgan fingerprint density at radius 2 is 1.70 bits per heavy atom. The van der Waals surface area contributed by atoms with E-state index in [2.05, 4.69) is 5.32 Å². The van der Waals surface area contributed by atoms with E-state index in [0.29, 0.717) is 31.5 Å². The van der Waals surface area contributed by atoms with Gasteiger partial charge in [0.1, 0.15) is 5.58 Å². The second kappa shape index (κ2) is 8.82. The Balaban J connectivity index is 1.24. The molecule has 0 radical (unpaired) electrons. The second-order valence-electron chi connectivity index (χ2n) is 7.24. The number of carbonyl (C=O) groups is 3. The van der Waals surface area contributed by atoms with Gasteiger partial charge in [0.25, 0.3) is 0 Å². The third-order valence-electron chi connectivity index (χ3n) is 5.19. The standard InChI is InChI=1S/C23H22N2O5/c26-19(21-14-17-6-4-5-9-20(17)30-21)15-29-22(27)16-10-12-25(13-11-16)23(28)24-18-7-2-1-3-8-18/h1-9,14,16H,10-13,15H2,(H,24,28). The van der Waals surface area contributed by atoms with Crippen molar-refractivity contribution in [3.8, 4) is 0 Å². The molecule has 2 heterocycles. The summed E-state index contributed by atoms with van der Waals surface area (Å²) in [6.45, 7) is 0.555. The molecule has 0 aliphatic carbocycles. The fourth-order valence-corrected chi connectivity index (χ4v) is 3.49. The van der Waals surface area contributed by atoms with E-state index in [0.717, 1.165) is 11.1 Å². The molecule has 154 valence electrons. The average Bonchev–Trinajstić information content (AvgIpc) is 3.22. The lowest BCUT2D eigenvalue weighted by Crippen LogP contribution is -2.42. The van der Waals surface area contributed by atoms with Crippen LogP contribution in [0.1, 0.15) is 23.4 Å². The quantitative estimate of drug-likeness (QED) is 0.509. The van der Waals surface area contributed by atoms with Gasteiger partial charge in [-0.2, -0.15) is 0 Å². The molecule has 0 atom stereocenters. The van der Waals surface area contributed by atoms with Crippen LogP contribution < -0.4 is 5.32 Å². The van der Waals surface area contributed by atoms with E-state index >= 15 is 0 Å². The third kappa shape index (κ3) is 4.51. The maximum atomic E-state index is 12.3. The van der Waals surface area contributed by atoms with Gasteiger partial charge in [0.2, 0.25) is 5.78 Å². The van der Waals surface area contributed by atoms with Crippen LogP contribution in [0.3, 0.4) is 0 Å². The topological polar surface area (TPSA) is 88.9 Å². The summed E-state index contributed by atoms with van der Waals surface area (Å²) in [7, 11) is 0. The van der Waals surface area contributed by atoms with Crippen molar-refractivity contribution in [3.05, 3.63) is 66.4 Å². The predicted molar refractivity (Wildman–Crippen MR) is 111 cm³/mol. The number of esters is 1. The van der Waals surface area contributed by atoms with E-state index in [1.165, 1.54) is 0 Å². The molecule has 1 aliphatic rings. The first-order valence-corrected chi connectivity index (χ1v) is 9.89. The summed E-state index contributed by atoms with van der Waals surface area (Å²) < 4.78 is 10.7. The Morgan fingerprint density at radius 3 is 2.43 bits per heavy atom. The Labute approximate surface area is 173 Å². The summed E-state index contributed by atoms with van der Waals surface area (Å²) in [5.74, 6) is -0.938. The number of urea groups is 1. The number of para-hydroxylation sites is 2. The zero-order chi connectivity index (χ0) is 20.9. The van der Waals surface area contributed by atoms with Crippen molar-refractivity contribution in [2.45, 2.75) is 12.8 Å². The summed E-state index contributed by atoms with van der Waals surface area (Å²) >= 11 is 0. The zero-order valence-corrected chi connectivity index (χ0v) is 16.4. The molecule has 30 heavy (non-hydrogen) atoms. The van der Waals surface area contributed by atoms with Gasteiger partial charge in [-0.1, -0.05) is 36.4 Å². The number of nitrogens with one attached hydrogen (secondary N) is 1. The van der Waals surface area contributed by atoms with Gasteiger partial charge in [0, 0.05) is 24.2 Å². The lowest BCUT2D eigenvalue weighted by atomic mass is 9.97. The van der Waals surface area contributed by atoms with Gasteiger partial charge in [-0.05, 0) is 37.1 Å². The van der Waals surface area contributed by atoms with Crippen LogP contribution in [-0.2, 0) is 9.53 Å². The molecule has 2 amide bonds. The first-order chi connectivity index (χ1) is 14.6. The maximum absolute atomic E-state index is 12.3. The predicted octanol–water partition coefficient (Wildman–Crippen LogP) is 4.10. The molecule has 0 bridgehead atoms. The number of anilines is 1. The highest BCUT2D eigenvalue weighted by molar-refractivity contribution is 5.99. The molecule has 3 aromatic rings. The number of hydrogen-bond acceptors (Lipinski definition) is 5. The Kier molecular flexibility index (Phi) is 5.79. The minimum Gasteiger partial charge on any atom is -0.457 e. The number of nitrogens with zero attached hydrogens (tertiary/aromatic N) is 1. The fraction of sp³-hybridized carbons (Fsp3) is 0.261. The van der Waals surface area contributed by atoms with Crippen LogP contribution in [0.15, 0.2) is 65.1 Å². The molecule has 7 heteroatoms. The normalized spacial score (nSPS) is 14.5. The molecule has 7 nitrogen and oxygen atoms in total. The number of benzene rings is 2. The van der Waals surface area contributed by atoms with Gasteiger partial charge in [-0.15, -0.1) is 0 Å². The molecule has 1 aromatic heterocycles. The van der Waals surface area contributed by atoms with E-state index in [-0.39, 0.29) is 30.1 Å². The summed E-state index contributed by atoms with van der Waals surface area (Å²) in [5.41, 5.74) is 1.35. The number of ketones is 1. The Bertz CT molecular complexity index is 1020. The minimum atomic E-state index is -0.414. The van der Waals surface area contributed by atoms with Crippen LogP contribution >= 0.6 is 0 Å². The van der Waals surface area contributed by atoms with Crippen LogP contribution in [0.2, 0.25) is 0 Å². The van der Waals surface area contributed by atoms with E-state index < -0.39 is 5.97 Å². The maximum Gasteiger partial charge on any atom is 0.321 e. The van der Waals surface area contributed by atoms with Crippen LogP contribution in [0, 0.1) is 5.92 Å². The summed E-state index contributed by atoms with van der Waals surface area (Å²) in [5, 5.41) is 3.67. The van der Waals surface area contributed by atoms with Crippen molar-refractivity contribution in [1.82, 2.24) is 4.90 Å². The SMILES string of the molecule is O=C(COC(=O)C1CCN(C(=O)Nc2ccccc2)CC1)c1cc2ccccc2o1. The van der Waals surface area contributed by atoms with Gasteiger partial charge in [-0.25, -0.2) is 4.79 Å². The highest BCUT2D eigenvalue weighted by Gasteiger charge is 2.29. The number of piperidine rings is 1. The average molecular weight is 406 g/mol. The first-order valence-electron chi connectivity index (χ1n) is 9.89. The molecule has 2 aromatic carbocycles. The molecular formula is C23H22N2O5. The lowest BCUT2D eigenvalue weighted by molar-refractivity contribution is -0.148. The van der Waals surface area contributed by atoms with Gasteiger partial charge in [0.05, 0.1) is 5.92 Å². The molecule has 1 fully saturated rings. The number of carbonyl (C=O) groups excluding carboxylic acids is 3. The molecular weight excluding hydrogens is 384 g/mol. The van der Waals surface area contributed by atoms with Crippen molar-refractivity contribution in [1.29, 1.82) is 0 Å². The Morgan fingerprint density at radius 1 is 1.00 bits per heavy atom. The highest BCUT2D eigenvalue weighted by Crippen LogP contribution is 2.21. The van der Waals surface area contributed by atoms with Crippen LogP contribution in [-0.4, -0.2) is 42.4 Å². The summed E-state index contributed by atoms with van der Waals surface area (Å²) in [6, 6.07) is 18.0. The smallest absolute Gasteiger partial charge is 0.321 e. The highest BCUT2D eigenvalue weighted by atomic mass is 16.5. The summed E-state index contributed by atoms with van der Waals surface area (Å²) in [4.78, 5) is 38.6. The number of fused-ring (bicyclic) bond motifs is 1. The number of ether oxygens (including phenoxy) is 1. The monoisotopic (exact) mass is 406 g/mol. The third-order valence-corrected chi connectivity index (χ3v) is 5.19. The van der Waals surface area contributed by atoms with Crippen molar-refractivity contribution >= 4 is 34.4 Å². The first kappa shape index (κ1) is 19.7. The largest absolute Gasteiger partial charge is 0.457 e. The van der Waals surface area contributed by atoms with Gasteiger partial charge in [0.15, 0.2) is 12.4 Å². The van der Waals surface area contributed by atoms with Gasteiger partial charge < -0.3 is 19.4 Å². The second-order valence-corrected chi connectivity index (χ2v) is 7.24. The minimum absolute atomic E-state index is 0.177. The van der Waals surface area contributed by atoms with Crippen molar-refractivity contribution in [3.63, 3.8) is 0 Å². The van der Waals surface area contributed by atoms with Crippen LogP contribution in [0.5, 0.6) is 0 Å². The molecule has 1 aliphatic heterocycles. The number of rotatable bonds is 5. The molecule has 4 rings (SSSR count). The van der Waals surface area contributed by atoms with Crippen molar-refractivity contribution < 1.29 is 23.5 Å². The number of amides is 2. The molecule has 0 saturated carbocycles. The fourth-order valence-electron chi connectivity index (χ4n) is 3.49. The van der Waals surface area contributed by atoms with E-state index in [1.54, 1.807) is 17.0 Å².